The molecule has 2 aromatic carbocycles. The van der Waals surface area contributed by atoms with Crippen LogP contribution in [-0.4, -0.2) is 26.4 Å². The van der Waals surface area contributed by atoms with Gasteiger partial charge in [-0.15, -0.1) is 0 Å². The number of fused-ring (bicyclic) bond motifs is 1. The quantitative estimate of drug-likeness (QED) is 0.360. The monoisotopic (exact) mass is 492 g/mol. The van der Waals surface area contributed by atoms with Crippen molar-refractivity contribution in [3.8, 4) is 5.69 Å². The summed E-state index contributed by atoms with van der Waals surface area (Å²) in [6, 6.07) is 9.94. The van der Waals surface area contributed by atoms with Crippen molar-refractivity contribution in [2.24, 2.45) is 11.3 Å². The van der Waals surface area contributed by atoms with Gasteiger partial charge in [0.15, 0.2) is 5.78 Å². The second kappa shape index (κ2) is 9.64. The fourth-order valence-electron chi connectivity index (χ4n) is 4.63. The standard InChI is InChI=1S/C27H29FN4O4/c1-16(2)11-20-25-23(13-27(3,4)14-24(25)33)31(30-20)21-10-7-18(12-22(21)32(35)36)26(34)29-15-17-5-8-19(28)9-6-17/h5-10,12,16H,11,13-15H2,1-4H3,(H,29,34). The summed E-state index contributed by atoms with van der Waals surface area (Å²) in [5, 5.41) is 19.4. The number of carbonyl (C=O) groups excluding carboxylic acids is 2. The Morgan fingerprint density at radius 2 is 1.89 bits per heavy atom. The zero-order valence-electron chi connectivity index (χ0n) is 20.8. The number of ketones is 1. The second-order valence-electron chi connectivity index (χ2n) is 10.5. The molecule has 1 aliphatic carbocycles. The Balaban J connectivity index is 1.71. The molecule has 0 saturated heterocycles. The fraction of sp³-hybridized carbons (Fsp3) is 0.370. The summed E-state index contributed by atoms with van der Waals surface area (Å²) in [4.78, 5) is 37.3. The average Bonchev–Trinajstić information content (AvgIpc) is 3.14. The van der Waals surface area contributed by atoms with Crippen molar-refractivity contribution < 1.29 is 18.9 Å². The smallest absolute Gasteiger partial charge is 0.295 e. The molecular weight excluding hydrogens is 463 g/mol. The molecule has 0 spiro atoms. The van der Waals surface area contributed by atoms with Gasteiger partial charge in [0, 0.05) is 24.6 Å². The Morgan fingerprint density at radius 1 is 1.19 bits per heavy atom. The third kappa shape index (κ3) is 5.19. The van der Waals surface area contributed by atoms with Gasteiger partial charge in [-0.2, -0.15) is 5.10 Å². The second-order valence-corrected chi connectivity index (χ2v) is 10.5. The molecule has 8 nitrogen and oxygen atoms in total. The lowest BCUT2D eigenvalue weighted by Gasteiger charge is -2.29. The highest BCUT2D eigenvalue weighted by Crippen LogP contribution is 2.39. The number of nitro groups is 1. The van der Waals surface area contributed by atoms with Gasteiger partial charge >= 0.3 is 0 Å². The number of amides is 1. The van der Waals surface area contributed by atoms with Crippen LogP contribution in [0.15, 0.2) is 42.5 Å². The minimum absolute atomic E-state index is 0.00240. The van der Waals surface area contributed by atoms with Crippen molar-refractivity contribution in [2.75, 3.05) is 0 Å². The van der Waals surface area contributed by atoms with Gasteiger partial charge in [0.05, 0.1) is 21.9 Å². The molecular formula is C27H29FN4O4. The molecule has 0 radical (unpaired) electrons. The Bertz CT molecular complexity index is 1340. The number of rotatable bonds is 7. The lowest BCUT2D eigenvalue weighted by atomic mass is 9.75. The van der Waals surface area contributed by atoms with Gasteiger partial charge in [0.1, 0.15) is 11.5 Å². The van der Waals surface area contributed by atoms with Gasteiger partial charge in [-0.05, 0) is 54.0 Å². The molecule has 1 aromatic heterocycles. The molecule has 0 unspecified atom stereocenters. The van der Waals surface area contributed by atoms with Crippen LogP contribution in [0.25, 0.3) is 5.69 Å². The van der Waals surface area contributed by atoms with E-state index in [0.717, 1.165) is 0 Å². The maximum atomic E-state index is 13.1. The molecule has 4 rings (SSSR count). The molecule has 9 heteroatoms. The summed E-state index contributed by atoms with van der Waals surface area (Å²) in [7, 11) is 0. The van der Waals surface area contributed by atoms with Crippen LogP contribution >= 0.6 is 0 Å². The average molecular weight is 493 g/mol. The van der Waals surface area contributed by atoms with Crippen molar-refractivity contribution in [1.29, 1.82) is 0 Å². The molecule has 0 saturated carbocycles. The van der Waals surface area contributed by atoms with Crippen LogP contribution < -0.4 is 5.32 Å². The molecule has 0 bridgehead atoms. The molecule has 1 N–H and O–H groups in total. The van der Waals surface area contributed by atoms with Crippen LogP contribution in [-0.2, 0) is 19.4 Å². The van der Waals surface area contributed by atoms with E-state index in [1.54, 1.807) is 12.1 Å². The van der Waals surface area contributed by atoms with Gasteiger partial charge in [0.25, 0.3) is 11.6 Å². The van der Waals surface area contributed by atoms with Crippen LogP contribution in [0.4, 0.5) is 10.1 Å². The molecule has 1 heterocycles. The minimum atomic E-state index is -0.544. The van der Waals surface area contributed by atoms with Crippen LogP contribution in [0.1, 0.15) is 71.8 Å². The first-order valence-corrected chi connectivity index (χ1v) is 11.9. The Hall–Kier alpha value is -3.88. The molecule has 3 aromatic rings. The van der Waals surface area contributed by atoms with Crippen molar-refractivity contribution in [2.45, 2.75) is 53.5 Å². The van der Waals surface area contributed by atoms with Gasteiger partial charge in [-0.25, -0.2) is 9.07 Å². The first-order chi connectivity index (χ1) is 16.9. The Morgan fingerprint density at radius 3 is 2.53 bits per heavy atom. The van der Waals surface area contributed by atoms with E-state index < -0.39 is 10.8 Å². The first kappa shape index (κ1) is 25.2. The summed E-state index contributed by atoms with van der Waals surface area (Å²) in [6.45, 7) is 8.21. The number of nitro benzene ring substituents is 1. The predicted octanol–water partition coefficient (Wildman–Crippen LogP) is 5.20. The molecule has 0 atom stereocenters. The van der Waals surface area contributed by atoms with Crippen molar-refractivity contribution in [1.82, 2.24) is 15.1 Å². The molecule has 188 valence electrons. The number of halogens is 1. The summed E-state index contributed by atoms with van der Waals surface area (Å²) in [6.07, 6.45) is 1.53. The van der Waals surface area contributed by atoms with Gasteiger partial charge in [0.2, 0.25) is 0 Å². The number of hydrogen-bond acceptors (Lipinski definition) is 5. The van der Waals surface area contributed by atoms with E-state index in [4.69, 9.17) is 0 Å². The van der Waals surface area contributed by atoms with E-state index in [0.29, 0.717) is 41.8 Å². The van der Waals surface area contributed by atoms with Gasteiger partial charge in [-0.3, -0.25) is 19.7 Å². The number of benzene rings is 2. The fourth-order valence-corrected chi connectivity index (χ4v) is 4.63. The third-order valence-electron chi connectivity index (χ3n) is 6.25. The maximum absolute atomic E-state index is 13.1. The number of Topliss-reactive ketones (excluding diaryl/α,β-unsaturated/α-hetero) is 1. The lowest BCUT2D eigenvalue weighted by molar-refractivity contribution is -0.384. The Kier molecular flexibility index (Phi) is 6.75. The number of aromatic nitrogens is 2. The topological polar surface area (TPSA) is 107 Å². The van der Waals surface area contributed by atoms with E-state index in [1.165, 1.54) is 35.0 Å². The molecule has 1 amide bonds. The van der Waals surface area contributed by atoms with E-state index >= 15 is 0 Å². The number of nitrogens with one attached hydrogen (secondary N) is 1. The van der Waals surface area contributed by atoms with E-state index in [9.17, 15) is 24.1 Å². The lowest BCUT2D eigenvalue weighted by Crippen LogP contribution is -2.28. The largest absolute Gasteiger partial charge is 0.348 e. The summed E-state index contributed by atoms with van der Waals surface area (Å²) >= 11 is 0. The van der Waals surface area contributed by atoms with Gasteiger partial charge in [-0.1, -0.05) is 39.8 Å². The Labute approximate surface area is 208 Å². The zero-order valence-corrected chi connectivity index (χ0v) is 20.8. The van der Waals surface area contributed by atoms with Crippen molar-refractivity contribution in [3.05, 3.63) is 86.5 Å². The summed E-state index contributed by atoms with van der Waals surface area (Å²) in [5.74, 6) is -0.614. The molecule has 36 heavy (non-hydrogen) atoms. The number of carbonyl (C=O) groups is 2. The highest BCUT2D eigenvalue weighted by Gasteiger charge is 2.37. The highest BCUT2D eigenvalue weighted by molar-refractivity contribution is 6.00. The summed E-state index contributed by atoms with van der Waals surface area (Å²) < 4.78 is 14.6. The molecule has 0 fully saturated rings. The van der Waals surface area contributed by atoms with Crippen LogP contribution in [0.5, 0.6) is 0 Å². The number of hydrogen-bond donors (Lipinski definition) is 1. The van der Waals surface area contributed by atoms with E-state index in [-0.39, 0.29) is 46.4 Å². The number of nitrogens with zero attached hydrogens (tertiary/aromatic N) is 3. The first-order valence-electron chi connectivity index (χ1n) is 11.9. The van der Waals surface area contributed by atoms with Crippen LogP contribution in [0, 0.1) is 27.3 Å². The van der Waals surface area contributed by atoms with Crippen LogP contribution in [0.2, 0.25) is 0 Å². The highest BCUT2D eigenvalue weighted by atomic mass is 19.1. The van der Waals surface area contributed by atoms with Crippen molar-refractivity contribution in [3.63, 3.8) is 0 Å². The normalized spacial score (nSPS) is 14.6. The zero-order chi connectivity index (χ0) is 26.2. The minimum Gasteiger partial charge on any atom is -0.348 e. The van der Waals surface area contributed by atoms with Gasteiger partial charge < -0.3 is 5.32 Å². The van der Waals surface area contributed by atoms with Crippen molar-refractivity contribution >= 4 is 17.4 Å². The maximum Gasteiger partial charge on any atom is 0.295 e. The summed E-state index contributed by atoms with van der Waals surface area (Å²) in [5.41, 5.74) is 2.34. The van der Waals surface area contributed by atoms with E-state index in [1.807, 2.05) is 27.7 Å². The molecule has 0 aliphatic heterocycles. The SMILES string of the molecule is CC(C)Cc1nn(-c2ccc(C(=O)NCc3ccc(F)cc3)cc2[N+](=O)[O-])c2c1C(=O)CC(C)(C)C2. The predicted molar refractivity (Wildman–Crippen MR) is 133 cm³/mol. The third-order valence-corrected chi connectivity index (χ3v) is 6.25. The van der Waals surface area contributed by atoms with E-state index in [2.05, 4.69) is 10.4 Å². The molecule has 1 aliphatic rings. The van der Waals surface area contributed by atoms with Crippen LogP contribution in [0.3, 0.4) is 0 Å².